The molecule has 2 aromatic carbocycles. The van der Waals surface area contributed by atoms with Gasteiger partial charge in [-0.05, 0) is 54.8 Å². The van der Waals surface area contributed by atoms with E-state index < -0.39 is 5.97 Å². The van der Waals surface area contributed by atoms with Gasteiger partial charge in [0.1, 0.15) is 11.9 Å². The van der Waals surface area contributed by atoms with Gasteiger partial charge < -0.3 is 19.5 Å². The van der Waals surface area contributed by atoms with Gasteiger partial charge in [-0.15, -0.1) is 0 Å². The van der Waals surface area contributed by atoms with Crippen molar-refractivity contribution in [3.63, 3.8) is 0 Å². The van der Waals surface area contributed by atoms with E-state index in [4.69, 9.17) is 9.47 Å². The van der Waals surface area contributed by atoms with E-state index in [1.165, 1.54) is 5.56 Å². The molecule has 4 rings (SSSR count). The van der Waals surface area contributed by atoms with Gasteiger partial charge in [0, 0.05) is 30.8 Å². The number of hydrogen-bond donors (Lipinski definition) is 1. The van der Waals surface area contributed by atoms with E-state index in [-0.39, 0.29) is 6.10 Å². The van der Waals surface area contributed by atoms with Gasteiger partial charge in [0.15, 0.2) is 0 Å². The van der Waals surface area contributed by atoms with Crippen LogP contribution in [0, 0.1) is 0 Å². The number of carboxylic acid groups (broad SMARTS) is 1. The number of benzene rings is 2. The van der Waals surface area contributed by atoms with Crippen molar-refractivity contribution in [1.82, 2.24) is 0 Å². The molecule has 5 nitrogen and oxygen atoms in total. The van der Waals surface area contributed by atoms with Crippen LogP contribution in [0.2, 0.25) is 0 Å². The second kappa shape index (κ2) is 7.00. The number of anilines is 1. The third kappa shape index (κ3) is 3.15. The maximum Gasteiger partial charge on any atom is 0.335 e. The summed E-state index contributed by atoms with van der Waals surface area (Å²) in [6.07, 6.45) is 1.95. The number of carboxylic acids is 1. The zero-order valence-corrected chi connectivity index (χ0v) is 14.9. The molecule has 1 fully saturated rings. The molecule has 1 atom stereocenters. The van der Waals surface area contributed by atoms with Crippen LogP contribution in [0.25, 0.3) is 11.1 Å². The van der Waals surface area contributed by atoms with E-state index >= 15 is 0 Å². The van der Waals surface area contributed by atoms with Crippen molar-refractivity contribution in [3.8, 4) is 16.9 Å². The molecule has 5 heteroatoms. The highest BCUT2D eigenvalue weighted by molar-refractivity contribution is 5.93. The first kappa shape index (κ1) is 16.9. The number of likely N-dealkylation sites (N-methyl/N-ethyl adjacent to an activating group) is 1. The van der Waals surface area contributed by atoms with E-state index in [9.17, 15) is 9.90 Å². The maximum atomic E-state index is 11.4. The summed E-state index contributed by atoms with van der Waals surface area (Å²) in [6.45, 7) is 5.31. The smallest absolute Gasteiger partial charge is 0.335 e. The van der Waals surface area contributed by atoms with Crippen LogP contribution in [0.15, 0.2) is 36.4 Å². The molecular formula is C21H23NO4. The highest BCUT2D eigenvalue weighted by atomic mass is 16.5. The predicted octanol–water partition coefficient (Wildman–Crippen LogP) is 3.60. The molecule has 136 valence electrons. The first-order valence-electron chi connectivity index (χ1n) is 9.15. The van der Waals surface area contributed by atoms with Crippen molar-refractivity contribution in [2.45, 2.75) is 25.9 Å². The second-order valence-electron chi connectivity index (χ2n) is 6.79. The van der Waals surface area contributed by atoms with E-state index in [1.54, 1.807) is 12.1 Å². The molecule has 0 bridgehead atoms. The number of hydrogen-bond acceptors (Lipinski definition) is 4. The number of nitrogens with zero attached hydrogens (tertiary/aromatic N) is 1. The summed E-state index contributed by atoms with van der Waals surface area (Å²) >= 11 is 0. The minimum Gasteiger partial charge on any atom is -0.488 e. The van der Waals surface area contributed by atoms with Crippen LogP contribution < -0.4 is 9.64 Å². The number of carbonyl (C=O) groups is 1. The Hall–Kier alpha value is -2.53. The van der Waals surface area contributed by atoms with Crippen molar-refractivity contribution < 1.29 is 19.4 Å². The van der Waals surface area contributed by atoms with Crippen LogP contribution >= 0.6 is 0 Å². The van der Waals surface area contributed by atoms with E-state index in [2.05, 4.69) is 24.0 Å². The first-order chi connectivity index (χ1) is 12.7. The monoisotopic (exact) mass is 353 g/mol. The fourth-order valence-corrected chi connectivity index (χ4v) is 3.78. The third-order valence-corrected chi connectivity index (χ3v) is 5.17. The van der Waals surface area contributed by atoms with Gasteiger partial charge in [-0.2, -0.15) is 0 Å². The second-order valence-corrected chi connectivity index (χ2v) is 6.79. The summed E-state index contributed by atoms with van der Waals surface area (Å²) < 4.78 is 11.4. The molecule has 1 N–H and O–H groups in total. The molecule has 0 radical (unpaired) electrons. The van der Waals surface area contributed by atoms with Gasteiger partial charge in [-0.1, -0.05) is 6.07 Å². The minimum atomic E-state index is -0.900. The Bertz CT molecular complexity index is 827. The lowest BCUT2D eigenvalue weighted by Crippen LogP contribution is -2.24. The Morgan fingerprint density at radius 3 is 2.88 bits per heavy atom. The number of aromatic carboxylic acids is 1. The Labute approximate surface area is 153 Å². The van der Waals surface area contributed by atoms with Crippen LogP contribution in [0.5, 0.6) is 5.75 Å². The number of rotatable bonds is 4. The maximum absolute atomic E-state index is 11.4. The zero-order valence-electron chi connectivity index (χ0n) is 14.9. The van der Waals surface area contributed by atoms with Gasteiger partial charge in [0.2, 0.25) is 0 Å². The minimum absolute atomic E-state index is 0.122. The van der Waals surface area contributed by atoms with Crippen molar-refractivity contribution >= 4 is 11.7 Å². The summed E-state index contributed by atoms with van der Waals surface area (Å²) in [5, 5.41) is 9.39. The molecule has 2 aliphatic heterocycles. The molecule has 1 saturated heterocycles. The Morgan fingerprint density at radius 1 is 1.27 bits per heavy atom. The van der Waals surface area contributed by atoms with Crippen molar-refractivity contribution in [2.75, 3.05) is 31.2 Å². The van der Waals surface area contributed by atoms with Crippen molar-refractivity contribution in [3.05, 3.63) is 47.5 Å². The molecule has 0 saturated carbocycles. The summed E-state index contributed by atoms with van der Waals surface area (Å²) in [5.74, 6) is -0.0389. The molecule has 0 spiro atoms. The molecule has 2 aliphatic rings. The van der Waals surface area contributed by atoms with Gasteiger partial charge in [0.25, 0.3) is 0 Å². The lowest BCUT2D eigenvalue weighted by Gasteiger charge is -2.23. The Morgan fingerprint density at radius 2 is 2.15 bits per heavy atom. The van der Waals surface area contributed by atoms with Gasteiger partial charge in [-0.25, -0.2) is 4.79 Å². The molecule has 0 aliphatic carbocycles. The molecule has 0 amide bonds. The van der Waals surface area contributed by atoms with E-state index in [1.807, 2.05) is 12.1 Å². The van der Waals surface area contributed by atoms with Crippen LogP contribution in [-0.4, -0.2) is 43.5 Å². The Balaban J connectivity index is 1.75. The standard InChI is InChI=1S/C21H23NO4/c1-2-22-9-7-14-11-16(26-17-8-10-25-13-17)4-5-18(14)19-12-15(21(23)24)3-6-20(19)22/h3-6,11-12,17H,2,7-10,13H2,1H3,(H,23,24). The summed E-state index contributed by atoms with van der Waals surface area (Å²) in [4.78, 5) is 13.7. The normalized spacial score (nSPS) is 18.8. The summed E-state index contributed by atoms with van der Waals surface area (Å²) in [6, 6.07) is 11.5. The first-order valence-corrected chi connectivity index (χ1v) is 9.15. The molecule has 2 heterocycles. The Kier molecular flexibility index (Phi) is 4.55. The zero-order chi connectivity index (χ0) is 18.1. The van der Waals surface area contributed by atoms with Gasteiger partial charge in [-0.3, -0.25) is 0 Å². The molecule has 0 aromatic heterocycles. The van der Waals surface area contributed by atoms with E-state index in [0.717, 1.165) is 55.1 Å². The number of fused-ring (bicyclic) bond motifs is 3. The quantitative estimate of drug-likeness (QED) is 0.910. The summed E-state index contributed by atoms with van der Waals surface area (Å²) in [7, 11) is 0. The lowest BCUT2D eigenvalue weighted by atomic mass is 9.96. The average molecular weight is 353 g/mol. The van der Waals surface area contributed by atoms with Crippen LogP contribution in [-0.2, 0) is 11.2 Å². The SMILES string of the molecule is CCN1CCc2cc(OC3CCOC3)ccc2-c2cc(C(=O)O)ccc21. The topological polar surface area (TPSA) is 59.0 Å². The van der Waals surface area contributed by atoms with Crippen molar-refractivity contribution in [2.24, 2.45) is 0 Å². The average Bonchev–Trinajstić information content (AvgIpc) is 3.10. The largest absolute Gasteiger partial charge is 0.488 e. The predicted molar refractivity (Wildman–Crippen MR) is 100 cm³/mol. The molecular weight excluding hydrogens is 330 g/mol. The van der Waals surface area contributed by atoms with Crippen LogP contribution in [0.3, 0.4) is 0 Å². The van der Waals surface area contributed by atoms with Crippen LogP contribution in [0.4, 0.5) is 5.69 Å². The van der Waals surface area contributed by atoms with E-state index in [0.29, 0.717) is 12.2 Å². The highest BCUT2D eigenvalue weighted by Gasteiger charge is 2.22. The molecule has 1 unspecified atom stereocenters. The molecule has 26 heavy (non-hydrogen) atoms. The highest BCUT2D eigenvalue weighted by Crippen LogP contribution is 2.38. The summed E-state index contributed by atoms with van der Waals surface area (Å²) in [5.41, 5.74) is 4.68. The fraction of sp³-hybridized carbons (Fsp3) is 0.381. The fourth-order valence-electron chi connectivity index (χ4n) is 3.78. The van der Waals surface area contributed by atoms with Crippen molar-refractivity contribution in [1.29, 1.82) is 0 Å². The van der Waals surface area contributed by atoms with Gasteiger partial charge >= 0.3 is 5.97 Å². The van der Waals surface area contributed by atoms with Crippen LogP contribution in [0.1, 0.15) is 29.3 Å². The molecule has 2 aromatic rings. The van der Waals surface area contributed by atoms with Gasteiger partial charge in [0.05, 0.1) is 18.8 Å². The third-order valence-electron chi connectivity index (χ3n) is 5.17. The number of ether oxygens (including phenoxy) is 2. The lowest BCUT2D eigenvalue weighted by molar-refractivity contribution is 0.0697.